The second-order valence-corrected chi connectivity index (χ2v) is 6.40. The van der Waals surface area contributed by atoms with Gasteiger partial charge >= 0.3 is 17.7 Å². The van der Waals surface area contributed by atoms with Gasteiger partial charge in [0.25, 0.3) is 5.69 Å². The molecule has 1 N–H and O–H groups in total. The molecule has 0 unspecified atom stereocenters. The van der Waals surface area contributed by atoms with Gasteiger partial charge in [0.1, 0.15) is 12.2 Å². The Hall–Kier alpha value is -4.47. The van der Waals surface area contributed by atoms with E-state index in [-0.39, 0.29) is 30.0 Å². The zero-order chi connectivity index (χ0) is 23.1. The number of esters is 1. The van der Waals surface area contributed by atoms with Crippen LogP contribution < -0.4 is 10.9 Å². The minimum absolute atomic E-state index is 0.143. The van der Waals surface area contributed by atoms with Crippen LogP contribution in [0, 0.1) is 10.1 Å². The summed E-state index contributed by atoms with van der Waals surface area (Å²) in [5.74, 6) is -0.745. The van der Waals surface area contributed by atoms with E-state index in [1.54, 1.807) is 25.1 Å². The van der Waals surface area contributed by atoms with Gasteiger partial charge in [-0.25, -0.2) is 14.4 Å². The molecule has 0 radical (unpaired) electrons. The largest absolute Gasteiger partial charge is 0.458 e. The third-order valence-electron chi connectivity index (χ3n) is 4.25. The van der Waals surface area contributed by atoms with E-state index < -0.39 is 22.6 Å². The maximum atomic E-state index is 12.1. The molecule has 10 nitrogen and oxygen atoms in total. The zero-order valence-electron chi connectivity index (χ0n) is 16.9. The molecule has 0 saturated carbocycles. The number of anilines is 1. The predicted molar refractivity (Wildman–Crippen MR) is 115 cm³/mol. The molecule has 32 heavy (non-hydrogen) atoms. The molecule has 0 aliphatic carbocycles. The number of ether oxygens (including phenoxy) is 2. The van der Waals surface area contributed by atoms with Gasteiger partial charge in [-0.15, -0.1) is 0 Å². The van der Waals surface area contributed by atoms with Crippen molar-refractivity contribution in [3.8, 4) is 0 Å². The summed E-state index contributed by atoms with van der Waals surface area (Å²) in [5, 5.41) is 14.0. The summed E-state index contributed by atoms with van der Waals surface area (Å²) in [5.41, 5.74) is 0.393. The monoisotopic (exact) mass is 438 g/mol. The molecule has 3 aromatic rings. The second kappa shape index (κ2) is 10.0. The first-order chi connectivity index (χ1) is 15.4. The van der Waals surface area contributed by atoms with Gasteiger partial charge in [0.05, 0.1) is 17.1 Å². The van der Waals surface area contributed by atoms with Crippen LogP contribution in [0.5, 0.6) is 0 Å². The van der Waals surface area contributed by atoms with E-state index in [0.717, 1.165) is 6.08 Å². The minimum Gasteiger partial charge on any atom is -0.458 e. The molecule has 10 heteroatoms. The third kappa shape index (κ3) is 5.57. The number of hydrogen-bond acceptors (Lipinski definition) is 8. The average Bonchev–Trinajstić information content (AvgIpc) is 2.76. The summed E-state index contributed by atoms with van der Waals surface area (Å²) in [6.07, 6.45) is 1.70. The van der Waals surface area contributed by atoms with Crippen molar-refractivity contribution in [1.82, 2.24) is 0 Å². The van der Waals surface area contributed by atoms with Gasteiger partial charge in [-0.2, -0.15) is 0 Å². The Bertz CT molecular complexity index is 1260. The Morgan fingerprint density at radius 3 is 2.69 bits per heavy atom. The van der Waals surface area contributed by atoms with Gasteiger partial charge in [-0.1, -0.05) is 12.1 Å². The fourth-order valence-electron chi connectivity index (χ4n) is 2.86. The first-order valence-corrected chi connectivity index (χ1v) is 9.46. The fraction of sp³-hybridized carbons (Fsp3) is 0.136. The fourth-order valence-corrected chi connectivity index (χ4v) is 2.86. The number of nitro benzene ring substituents is 1. The van der Waals surface area contributed by atoms with E-state index >= 15 is 0 Å². The number of nitrogens with zero attached hydrogens (tertiary/aromatic N) is 1. The lowest BCUT2D eigenvalue weighted by Crippen LogP contribution is -2.13. The van der Waals surface area contributed by atoms with Gasteiger partial charge in [-0.05, 0) is 31.2 Å². The van der Waals surface area contributed by atoms with Gasteiger partial charge in [0.2, 0.25) is 0 Å². The molecule has 1 heterocycles. The van der Waals surface area contributed by atoms with Crippen LogP contribution in [-0.2, 0) is 20.9 Å². The van der Waals surface area contributed by atoms with Crippen molar-refractivity contribution in [2.75, 3.05) is 11.9 Å². The number of rotatable bonds is 7. The van der Waals surface area contributed by atoms with Crippen LogP contribution in [0.15, 0.2) is 63.8 Å². The molecule has 3 rings (SSSR count). The minimum atomic E-state index is -0.745. The second-order valence-electron chi connectivity index (χ2n) is 6.40. The van der Waals surface area contributed by atoms with Crippen molar-refractivity contribution in [2.24, 2.45) is 0 Å². The standard InChI is InChI=1S/C22H18N2O8/c1-2-30-22(27)23-16-8-9-17-15(11-21(26)32-19(17)12-16)13-31-20(25)10-7-14-5-3-4-6-18(14)24(28)29/h3-12H,2,13H2,1H3,(H,23,27)/b10-7+. The highest BCUT2D eigenvalue weighted by molar-refractivity contribution is 5.90. The molecule has 1 aromatic heterocycles. The first kappa shape index (κ1) is 22.2. The number of fused-ring (bicyclic) bond motifs is 1. The van der Waals surface area contributed by atoms with Gasteiger partial charge in [0.15, 0.2) is 0 Å². The number of nitrogens with one attached hydrogen (secondary N) is 1. The number of carbonyl (C=O) groups excluding carboxylic acids is 2. The lowest BCUT2D eigenvalue weighted by atomic mass is 10.1. The normalized spacial score (nSPS) is 10.8. The Morgan fingerprint density at radius 1 is 1.16 bits per heavy atom. The van der Waals surface area contributed by atoms with Crippen molar-refractivity contribution in [3.05, 3.63) is 86.3 Å². The number of amides is 1. The van der Waals surface area contributed by atoms with E-state index in [0.29, 0.717) is 16.6 Å². The van der Waals surface area contributed by atoms with Crippen LogP contribution in [0.4, 0.5) is 16.2 Å². The molecule has 2 aromatic carbocycles. The highest BCUT2D eigenvalue weighted by atomic mass is 16.6. The maximum Gasteiger partial charge on any atom is 0.411 e. The number of benzene rings is 2. The summed E-state index contributed by atoms with van der Waals surface area (Å²) < 4.78 is 15.1. The van der Waals surface area contributed by atoms with E-state index in [2.05, 4.69) is 5.32 Å². The summed E-state index contributed by atoms with van der Waals surface area (Å²) in [4.78, 5) is 46.0. The Labute approximate surface area is 181 Å². The zero-order valence-corrected chi connectivity index (χ0v) is 16.9. The Balaban J connectivity index is 1.74. The van der Waals surface area contributed by atoms with Gasteiger partial charge in [-0.3, -0.25) is 15.4 Å². The van der Waals surface area contributed by atoms with E-state index in [1.807, 2.05) is 0 Å². The van der Waals surface area contributed by atoms with Gasteiger partial charge in [0, 0.05) is 40.9 Å². The van der Waals surface area contributed by atoms with Crippen LogP contribution >= 0.6 is 0 Å². The number of para-hydroxylation sites is 1. The molecule has 0 aliphatic heterocycles. The van der Waals surface area contributed by atoms with Crippen LogP contribution in [0.25, 0.3) is 17.0 Å². The molecule has 0 fully saturated rings. The van der Waals surface area contributed by atoms with E-state index in [1.165, 1.54) is 36.4 Å². The summed E-state index contributed by atoms with van der Waals surface area (Å²) in [6, 6.07) is 11.8. The average molecular weight is 438 g/mol. The number of carbonyl (C=O) groups is 2. The topological polar surface area (TPSA) is 138 Å². The molecular weight excluding hydrogens is 420 g/mol. The third-order valence-corrected chi connectivity index (χ3v) is 4.25. The van der Waals surface area contributed by atoms with E-state index in [9.17, 15) is 24.5 Å². The maximum absolute atomic E-state index is 12.1. The predicted octanol–water partition coefficient (Wildman–Crippen LogP) is 4.03. The molecule has 0 bridgehead atoms. The van der Waals surface area contributed by atoms with Crippen LogP contribution in [0.2, 0.25) is 0 Å². The first-order valence-electron chi connectivity index (χ1n) is 9.46. The van der Waals surface area contributed by atoms with Crippen molar-refractivity contribution >= 4 is 40.5 Å². The van der Waals surface area contributed by atoms with Gasteiger partial charge < -0.3 is 13.9 Å². The molecule has 0 spiro atoms. The lowest BCUT2D eigenvalue weighted by Gasteiger charge is -2.08. The molecule has 0 atom stereocenters. The molecule has 0 aliphatic rings. The molecule has 1 amide bonds. The molecule has 164 valence electrons. The smallest absolute Gasteiger partial charge is 0.411 e. The Kier molecular flexibility index (Phi) is 6.96. The van der Waals surface area contributed by atoms with Crippen molar-refractivity contribution < 1.29 is 28.4 Å². The summed E-state index contributed by atoms with van der Waals surface area (Å²) in [7, 11) is 0. The highest BCUT2D eigenvalue weighted by Gasteiger charge is 2.12. The number of hydrogen-bond donors (Lipinski definition) is 1. The lowest BCUT2D eigenvalue weighted by molar-refractivity contribution is -0.385. The summed E-state index contributed by atoms with van der Waals surface area (Å²) in [6.45, 7) is 1.64. The van der Waals surface area contributed by atoms with Crippen LogP contribution in [0.1, 0.15) is 18.1 Å². The Morgan fingerprint density at radius 2 is 1.94 bits per heavy atom. The van der Waals surface area contributed by atoms with Crippen molar-refractivity contribution in [2.45, 2.75) is 13.5 Å². The van der Waals surface area contributed by atoms with Crippen molar-refractivity contribution in [1.29, 1.82) is 0 Å². The molecule has 0 saturated heterocycles. The quantitative estimate of drug-likeness (QED) is 0.192. The molecular formula is C22H18N2O8. The van der Waals surface area contributed by atoms with Crippen LogP contribution in [-0.4, -0.2) is 23.6 Å². The SMILES string of the molecule is CCOC(=O)Nc1ccc2c(COC(=O)/C=C/c3ccccc3[N+](=O)[O-])cc(=O)oc2c1. The highest BCUT2D eigenvalue weighted by Crippen LogP contribution is 2.23. The van der Waals surface area contributed by atoms with Crippen molar-refractivity contribution in [3.63, 3.8) is 0 Å². The van der Waals surface area contributed by atoms with Crippen LogP contribution in [0.3, 0.4) is 0 Å². The summed E-state index contributed by atoms with van der Waals surface area (Å²) >= 11 is 0. The number of nitro groups is 1. The van der Waals surface area contributed by atoms with E-state index in [4.69, 9.17) is 13.9 Å².